The molecular formula is C8H12N2O. The number of nitrogens with two attached hydrogens (primary N) is 1. The summed E-state index contributed by atoms with van der Waals surface area (Å²) in [6.07, 6.45) is 1.74. The van der Waals surface area contributed by atoms with Gasteiger partial charge in [-0.05, 0) is 6.07 Å². The lowest BCUT2D eigenvalue weighted by atomic mass is 10.2. The van der Waals surface area contributed by atoms with Gasteiger partial charge in [-0.15, -0.1) is 0 Å². The highest BCUT2D eigenvalue weighted by atomic mass is 16.5. The van der Waals surface area contributed by atoms with Gasteiger partial charge in [0.2, 0.25) is 0 Å². The van der Waals surface area contributed by atoms with E-state index in [0.29, 0.717) is 13.2 Å². The average molecular weight is 152 g/mol. The number of rotatable bonds is 3. The van der Waals surface area contributed by atoms with Crippen LogP contribution in [0.5, 0.6) is 0 Å². The van der Waals surface area contributed by atoms with Crippen LogP contribution >= 0.6 is 0 Å². The van der Waals surface area contributed by atoms with Crippen LogP contribution in [0.4, 0.5) is 0 Å². The first-order chi connectivity index (χ1) is 5.38. The molecule has 11 heavy (non-hydrogen) atoms. The van der Waals surface area contributed by atoms with E-state index in [1.54, 1.807) is 13.3 Å². The zero-order valence-electron chi connectivity index (χ0n) is 6.58. The van der Waals surface area contributed by atoms with Crippen molar-refractivity contribution in [2.24, 2.45) is 5.73 Å². The Bertz CT molecular complexity index is 225. The minimum atomic E-state index is 0.472. The van der Waals surface area contributed by atoms with Crippen LogP contribution in [-0.2, 0) is 17.9 Å². The number of hydrogen-bond acceptors (Lipinski definition) is 3. The van der Waals surface area contributed by atoms with E-state index in [4.69, 9.17) is 10.5 Å². The van der Waals surface area contributed by atoms with Gasteiger partial charge in [0, 0.05) is 25.4 Å². The molecular weight excluding hydrogens is 140 g/mol. The van der Waals surface area contributed by atoms with Crippen LogP contribution < -0.4 is 5.73 Å². The lowest BCUT2D eigenvalue weighted by Crippen LogP contribution is -2.04. The molecule has 1 aromatic rings. The van der Waals surface area contributed by atoms with Gasteiger partial charge < -0.3 is 10.5 Å². The molecule has 0 spiro atoms. The molecule has 0 bridgehead atoms. The average Bonchev–Trinajstić information content (AvgIpc) is 2.06. The number of hydrogen-bond donors (Lipinski definition) is 1. The van der Waals surface area contributed by atoms with Crippen molar-refractivity contribution in [3.8, 4) is 0 Å². The molecule has 0 aliphatic heterocycles. The van der Waals surface area contributed by atoms with Gasteiger partial charge in [-0.1, -0.05) is 6.07 Å². The predicted molar refractivity (Wildman–Crippen MR) is 42.8 cm³/mol. The molecule has 2 N–H and O–H groups in total. The van der Waals surface area contributed by atoms with E-state index >= 15 is 0 Å². The fourth-order valence-corrected chi connectivity index (χ4v) is 0.942. The molecule has 1 heterocycles. The number of ether oxygens (including phenoxy) is 1. The SMILES string of the molecule is COCc1cccnc1CN. The fourth-order valence-electron chi connectivity index (χ4n) is 0.942. The highest BCUT2D eigenvalue weighted by Gasteiger charge is 1.98. The maximum atomic E-state index is 5.46. The van der Waals surface area contributed by atoms with Crippen LogP contribution in [0.15, 0.2) is 18.3 Å². The van der Waals surface area contributed by atoms with Crippen LogP contribution in [0.2, 0.25) is 0 Å². The van der Waals surface area contributed by atoms with Crippen molar-refractivity contribution >= 4 is 0 Å². The van der Waals surface area contributed by atoms with Crippen LogP contribution in [0.1, 0.15) is 11.3 Å². The Morgan fingerprint density at radius 2 is 2.45 bits per heavy atom. The van der Waals surface area contributed by atoms with Gasteiger partial charge in [-0.25, -0.2) is 0 Å². The van der Waals surface area contributed by atoms with Crippen molar-refractivity contribution in [1.29, 1.82) is 0 Å². The first-order valence-electron chi connectivity index (χ1n) is 3.50. The van der Waals surface area contributed by atoms with Crippen molar-refractivity contribution in [1.82, 2.24) is 4.98 Å². The predicted octanol–water partition coefficient (Wildman–Crippen LogP) is 0.687. The second kappa shape index (κ2) is 4.05. The summed E-state index contributed by atoms with van der Waals surface area (Å²) in [6, 6.07) is 3.85. The molecule has 0 fully saturated rings. The molecule has 60 valence electrons. The van der Waals surface area contributed by atoms with Crippen LogP contribution in [-0.4, -0.2) is 12.1 Å². The molecule has 0 aromatic carbocycles. The molecule has 3 nitrogen and oxygen atoms in total. The van der Waals surface area contributed by atoms with E-state index in [9.17, 15) is 0 Å². The highest BCUT2D eigenvalue weighted by Crippen LogP contribution is 2.04. The quantitative estimate of drug-likeness (QED) is 0.693. The first-order valence-corrected chi connectivity index (χ1v) is 3.50. The Balaban J connectivity index is 2.83. The Labute approximate surface area is 66.2 Å². The normalized spacial score (nSPS) is 10.0. The summed E-state index contributed by atoms with van der Waals surface area (Å²) in [5.74, 6) is 0. The number of nitrogens with zero attached hydrogens (tertiary/aromatic N) is 1. The molecule has 0 saturated heterocycles. The third-order valence-corrected chi connectivity index (χ3v) is 1.48. The molecule has 0 aliphatic carbocycles. The fraction of sp³-hybridized carbons (Fsp3) is 0.375. The van der Waals surface area contributed by atoms with Crippen LogP contribution in [0.25, 0.3) is 0 Å². The van der Waals surface area contributed by atoms with Gasteiger partial charge in [0.25, 0.3) is 0 Å². The largest absolute Gasteiger partial charge is 0.380 e. The van der Waals surface area contributed by atoms with Crippen molar-refractivity contribution in [2.75, 3.05) is 7.11 Å². The zero-order chi connectivity index (χ0) is 8.10. The molecule has 0 aliphatic rings. The van der Waals surface area contributed by atoms with Gasteiger partial charge in [-0.2, -0.15) is 0 Å². The van der Waals surface area contributed by atoms with Crippen molar-refractivity contribution in [3.63, 3.8) is 0 Å². The van der Waals surface area contributed by atoms with Gasteiger partial charge in [0.05, 0.1) is 12.3 Å². The van der Waals surface area contributed by atoms with Gasteiger partial charge in [-0.3, -0.25) is 4.98 Å². The number of methoxy groups -OCH3 is 1. The van der Waals surface area contributed by atoms with Crippen molar-refractivity contribution < 1.29 is 4.74 Å². The van der Waals surface area contributed by atoms with E-state index < -0.39 is 0 Å². The standard InChI is InChI=1S/C8H12N2O/c1-11-6-7-3-2-4-10-8(7)5-9/h2-4H,5-6,9H2,1H3. The molecule has 1 aromatic heterocycles. The topological polar surface area (TPSA) is 48.1 Å². The van der Waals surface area contributed by atoms with E-state index in [0.717, 1.165) is 11.3 Å². The lowest BCUT2D eigenvalue weighted by Gasteiger charge is -2.03. The van der Waals surface area contributed by atoms with E-state index in [-0.39, 0.29) is 0 Å². The smallest absolute Gasteiger partial charge is 0.0731 e. The molecule has 3 heteroatoms. The van der Waals surface area contributed by atoms with Crippen molar-refractivity contribution in [3.05, 3.63) is 29.6 Å². The van der Waals surface area contributed by atoms with E-state index in [1.807, 2.05) is 12.1 Å². The van der Waals surface area contributed by atoms with Crippen LogP contribution in [0.3, 0.4) is 0 Å². The third kappa shape index (κ3) is 2.00. The summed E-state index contributed by atoms with van der Waals surface area (Å²) in [5.41, 5.74) is 7.44. The Morgan fingerprint density at radius 3 is 3.09 bits per heavy atom. The molecule has 0 amide bonds. The Morgan fingerprint density at radius 1 is 1.64 bits per heavy atom. The lowest BCUT2D eigenvalue weighted by molar-refractivity contribution is 0.183. The maximum Gasteiger partial charge on any atom is 0.0731 e. The summed E-state index contributed by atoms with van der Waals surface area (Å²) < 4.78 is 4.97. The second-order valence-electron chi connectivity index (χ2n) is 2.25. The van der Waals surface area contributed by atoms with Crippen molar-refractivity contribution in [2.45, 2.75) is 13.2 Å². The maximum absolute atomic E-state index is 5.46. The summed E-state index contributed by atoms with van der Waals surface area (Å²) >= 11 is 0. The monoisotopic (exact) mass is 152 g/mol. The van der Waals surface area contributed by atoms with E-state index in [2.05, 4.69) is 4.98 Å². The molecule has 0 unspecified atom stereocenters. The highest BCUT2D eigenvalue weighted by molar-refractivity contribution is 5.18. The Hall–Kier alpha value is -0.930. The number of aromatic nitrogens is 1. The summed E-state index contributed by atoms with van der Waals surface area (Å²) in [6.45, 7) is 1.06. The minimum absolute atomic E-state index is 0.472. The molecule has 1 rings (SSSR count). The van der Waals surface area contributed by atoms with Gasteiger partial charge >= 0.3 is 0 Å². The summed E-state index contributed by atoms with van der Waals surface area (Å²) in [7, 11) is 1.66. The molecule has 0 atom stereocenters. The van der Waals surface area contributed by atoms with Gasteiger partial charge in [0.1, 0.15) is 0 Å². The summed E-state index contributed by atoms with van der Waals surface area (Å²) in [4.78, 5) is 4.11. The third-order valence-electron chi connectivity index (χ3n) is 1.48. The van der Waals surface area contributed by atoms with Gasteiger partial charge in [0.15, 0.2) is 0 Å². The zero-order valence-corrected chi connectivity index (χ0v) is 6.58. The van der Waals surface area contributed by atoms with Crippen LogP contribution in [0, 0.1) is 0 Å². The first kappa shape index (κ1) is 8.17. The van der Waals surface area contributed by atoms with E-state index in [1.165, 1.54) is 0 Å². The molecule has 0 saturated carbocycles. The minimum Gasteiger partial charge on any atom is -0.380 e. The Kier molecular flexibility index (Phi) is 3.01. The molecule has 0 radical (unpaired) electrons. The summed E-state index contributed by atoms with van der Waals surface area (Å²) in [5, 5.41) is 0. The number of pyridine rings is 1. The second-order valence-corrected chi connectivity index (χ2v) is 2.25.